The third kappa shape index (κ3) is 23.1. The quantitative estimate of drug-likeness (QED) is 0.139. The molecule has 0 fully saturated rings. The predicted octanol–water partition coefficient (Wildman–Crippen LogP) is 30.2. The van der Waals surface area contributed by atoms with Gasteiger partial charge in [0.2, 0.25) is 0 Å². The van der Waals surface area contributed by atoms with Gasteiger partial charge in [0.25, 0.3) is 0 Å². The third-order valence-electron chi connectivity index (χ3n) is 24.7. The van der Waals surface area contributed by atoms with Crippen LogP contribution >= 0.6 is 0 Å². The van der Waals surface area contributed by atoms with Gasteiger partial charge in [0.15, 0.2) is 0 Å². The Morgan fingerprint density at radius 1 is 0.196 bits per heavy atom. The first kappa shape index (κ1) is 102. The molecule has 8 nitrogen and oxygen atoms in total. The van der Waals surface area contributed by atoms with Gasteiger partial charge in [0, 0.05) is 161 Å². The summed E-state index contributed by atoms with van der Waals surface area (Å²) < 4.78 is 0. The first-order chi connectivity index (χ1) is 65.4. The Morgan fingerprint density at radius 2 is 0.529 bits per heavy atom. The van der Waals surface area contributed by atoms with E-state index in [4.69, 9.17) is 9.97 Å². The minimum absolute atomic E-state index is 0. The van der Waals surface area contributed by atoms with Gasteiger partial charge in [0.1, 0.15) is 0 Å². The Morgan fingerprint density at radius 3 is 0.957 bits per heavy atom. The van der Waals surface area contributed by atoms with Crippen molar-refractivity contribution in [2.75, 3.05) is 0 Å². The molecule has 4 radical (unpaired) electrons. The molecule has 0 unspecified atom stereocenters. The van der Waals surface area contributed by atoms with Gasteiger partial charge in [0.05, 0.1) is 5.69 Å². The van der Waals surface area contributed by atoms with E-state index in [2.05, 4.69) is 292 Å². The van der Waals surface area contributed by atoms with Crippen molar-refractivity contribution in [3.05, 3.63) is 530 Å². The summed E-state index contributed by atoms with van der Waals surface area (Å²) in [5, 5.41) is 0. The molecule has 12 heteroatoms. The monoisotopic (exact) mass is 2500 g/mol. The second-order valence-electron chi connectivity index (χ2n) is 35.0. The molecule has 0 N–H and O–H groups in total. The maximum absolute atomic E-state index is 4.96. The molecule has 0 atom stereocenters. The standard InChI is InChI=1S/4C20H16N.2C12H10N.2C11H8N.4Ir/c1-20(2)17-11-7-6-10-15(17)16-13-21-19(12-18(16)20)14-8-4-3-5-9-14;1-20(2)17-11-7-6-10-15(17)16-12-13-18(21-19(16)20)14-8-4-3-5-9-14;1-20(2)16-11-7-6-10-15(16)18-17(20)12-13-21-19(18)14-8-4-3-5-9-14;1-20(2)16-11-7-6-10-15(16)19-17(20)12-13-18(21-19)14-8-4-3-5-9-14;2*1-10-6-5-9-12(13-10)11-7-3-2-4-8-11;2*1-2-6-10(7-3-1)11-8-4-5-9-12-11;;;;/h4*3-8,10-13H,1-2H3;2*2-7,9H,1H3;2*1-6,8-9H;;;;/q8*-1;;;;. The van der Waals surface area contributed by atoms with Crippen molar-refractivity contribution in [3.63, 3.8) is 0 Å². The van der Waals surface area contributed by atoms with Crippen molar-refractivity contribution in [3.8, 4) is 135 Å². The maximum Gasteiger partial charge on any atom is 0.0639 e. The molecule has 12 aromatic carbocycles. The van der Waals surface area contributed by atoms with Crippen LogP contribution in [0.1, 0.15) is 111 Å². The Bertz CT molecular complexity index is 6970. The minimum Gasteiger partial charge on any atom is -0.305 e. The minimum atomic E-state index is -0.0449. The predicted molar refractivity (Wildman–Crippen MR) is 548 cm³/mol. The van der Waals surface area contributed by atoms with Gasteiger partial charge in [-0.25, -0.2) is 0 Å². The average molecular weight is 2500 g/mol. The zero-order valence-electron chi connectivity index (χ0n) is 78.3. The smallest absolute Gasteiger partial charge is 0.0639 e. The van der Waals surface area contributed by atoms with Crippen LogP contribution in [0.2, 0.25) is 0 Å². The van der Waals surface area contributed by atoms with Crippen molar-refractivity contribution in [1.29, 1.82) is 0 Å². The van der Waals surface area contributed by atoms with Crippen molar-refractivity contribution < 1.29 is 80.4 Å². The Hall–Kier alpha value is -13.6. The Balaban J connectivity index is 0.000000134. The van der Waals surface area contributed by atoms with E-state index in [1.807, 2.05) is 269 Å². The van der Waals surface area contributed by atoms with Crippen LogP contribution in [0.15, 0.2) is 425 Å². The number of benzene rings is 12. The van der Waals surface area contributed by atoms with Gasteiger partial charge in [-0.1, -0.05) is 231 Å². The summed E-state index contributed by atoms with van der Waals surface area (Å²) in [4.78, 5) is 36.5. The summed E-state index contributed by atoms with van der Waals surface area (Å²) in [5.74, 6) is 0. The molecular formula is C126H100Ir4N8-8. The summed E-state index contributed by atoms with van der Waals surface area (Å²) in [6.07, 6.45) is 7.51. The topological polar surface area (TPSA) is 103 Å². The van der Waals surface area contributed by atoms with Gasteiger partial charge in [-0.05, 0) is 151 Å². The molecule has 24 rings (SSSR count). The number of nitrogens with zero attached hydrogens (tertiary/aromatic N) is 8. The molecule has 0 aliphatic heterocycles. The van der Waals surface area contributed by atoms with Crippen LogP contribution in [0.4, 0.5) is 0 Å². The summed E-state index contributed by atoms with van der Waals surface area (Å²) in [6.45, 7) is 22.2. The number of aromatic nitrogens is 8. The van der Waals surface area contributed by atoms with Crippen molar-refractivity contribution in [2.45, 2.75) is 90.9 Å². The van der Waals surface area contributed by atoms with E-state index < -0.39 is 0 Å². The number of aryl methyl sites for hydroxylation is 2. The van der Waals surface area contributed by atoms with Crippen LogP contribution in [-0.2, 0) is 102 Å². The fourth-order valence-corrected chi connectivity index (χ4v) is 17.8. The molecule has 0 spiro atoms. The van der Waals surface area contributed by atoms with Crippen molar-refractivity contribution in [2.24, 2.45) is 0 Å². The fraction of sp³-hybridized carbons (Fsp3) is 0.111. The number of pyridine rings is 8. The van der Waals surface area contributed by atoms with Crippen molar-refractivity contribution >= 4 is 0 Å². The van der Waals surface area contributed by atoms with Crippen LogP contribution < -0.4 is 0 Å². The summed E-state index contributed by atoms with van der Waals surface area (Å²) in [6, 6.07) is 160. The van der Waals surface area contributed by atoms with Crippen LogP contribution in [0, 0.1) is 62.4 Å². The van der Waals surface area contributed by atoms with Gasteiger partial charge in [-0.15, -0.1) is 287 Å². The molecule has 4 aliphatic rings. The zero-order valence-corrected chi connectivity index (χ0v) is 87.9. The van der Waals surface area contributed by atoms with E-state index in [9.17, 15) is 0 Å². The van der Waals surface area contributed by atoms with Crippen LogP contribution in [0.25, 0.3) is 135 Å². The summed E-state index contributed by atoms with van der Waals surface area (Å²) in [7, 11) is 0. The van der Waals surface area contributed by atoms with Gasteiger partial charge in [-0.3, -0.25) is 9.97 Å². The number of hydrogen-bond donors (Lipinski definition) is 0. The number of fused-ring (bicyclic) bond motifs is 12. The van der Waals surface area contributed by atoms with Crippen LogP contribution in [-0.4, -0.2) is 39.9 Å². The average Bonchev–Trinajstić information content (AvgIpc) is 1.60. The second-order valence-corrected chi connectivity index (χ2v) is 35.0. The van der Waals surface area contributed by atoms with E-state index in [0.717, 1.165) is 107 Å². The molecule has 4 aliphatic carbocycles. The molecule has 8 aromatic heterocycles. The van der Waals surface area contributed by atoms with Crippen molar-refractivity contribution in [1.82, 2.24) is 39.9 Å². The van der Waals surface area contributed by atoms with E-state index in [1.54, 1.807) is 12.4 Å². The number of hydrogen-bond acceptors (Lipinski definition) is 8. The summed E-state index contributed by atoms with van der Waals surface area (Å²) in [5.41, 5.74) is 39.2. The first-order valence-electron chi connectivity index (χ1n) is 45.3. The molecule has 0 saturated carbocycles. The molecule has 0 bridgehead atoms. The molecule has 138 heavy (non-hydrogen) atoms. The van der Waals surface area contributed by atoms with E-state index in [1.165, 1.54) is 83.6 Å². The van der Waals surface area contributed by atoms with Gasteiger partial charge < -0.3 is 29.9 Å². The normalized spacial score (nSPS) is 12.4. The summed E-state index contributed by atoms with van der Waals surface area (Å²) >= 11 is 0. The van der Waals surface area contributed by atoms with E-state index in [0.29, 0.717) is 0 Å². The fourth-order valence-electron chi connectivity index (χ4n) is 17.8. The SMILES string of the molecule is CC1(C)c2ccccc2-c2c1ccnc2-c1[c-]cccc1.CC1(C)c2ccccc2-c2ccc(-c3[c-]cccc3)nc21.CC1(C)c2ccccc2-c2cnc(-c3[c-]cccc3)cc21.CC1(C)c2ccccc2-c2nc(-c3[c-]cccc3)ccc21.Cc1cccc(-c2[c-]cccc2)n1.Cc1cccc(-c2[c-]cccc2)n1.[Ir].[Ir].[Ir].[Ir].[c-]1ccccc1-c1ccccn1.[c-]1ccccc1-c1ccccn1. The van der Waals surface area contributed by atoms with Gasteiger partial charge in [-0.2, -0.15) is 0 Å². The third-order valence-corrected chi connectivity index (χ3v) is 24.7. The second kappa shape index (κ2) is 47.0. The molecular weight excluding hydrogens is 2390 g/mol. The van der Waals surface area contributed by atoms with Crippen LogP contribution in [0.3, 0.4) is 0 Å². The molecule has 20 aromatic rings. The Kier molecular flexibility index (Phi) is 34.7. The van der Waals surface area contributed by atoms with Gasteiger partial charge >= 0.3 is 0 Å². The molecule has 688 valence electrons. The molecule has 0 amide bonds. The Labute approximate surface area is 867 Å². The molecule has 8 heterocycles. The largest absolute Gasteiger partial charge is 0.305 e. The maximum atomic E-state index is 4.96. The number of rotatable bonds is 8. The first-order valence-corrected chi connectivity index (χ1v) is 45.3. The molecule has 0 saturated heterocycles. The van der Waals surface area contributed by atoms with E-state index in [-0.39, 0.29) is 102 Å². The zero-order chi connectivity index (χ0) is 92.4. The van der Waals surface area contributed by atoms with E-state index >= 15 is 0 Å². The van der Waals surface area contributed by atoms with Crippen LogP contribution in [0.5, 0.6) is 0 Å².